The molecule has 0 saturated carbocycles. The van der Waals surface area contributed by atoms with E-state index in [1.54, 1.807) is 23.3 Å². The molecule has 4 heteroatoms. The second-order valence-corrected chi connectivity index (χ2v) is 6.59. The van der Waals surface area contributed by atoms with Crippen LogP contribution in [0.2, 0.25) is 0 Å². The Morgan fingerprint density at radius 3 is 2.11 bits per heavy atom. The SMILES string of the molecule is CC1=Cc2c(-c3ccccc3)cccc2C1[c-]1ccc(C)c1C.[Cl-].[Cl-].[SiH2]=[Zr+2]. The van der Waals surface area contributed by atoms with Gasteiger partial charge in [0.25, 0.3) is 0 Å². The molecule has 4 rings (SSSR count). The number of halogens is 2. The number of fused-ring (bicyclic) bond motifs is 1. The summed E-state index contributed by atoms with van der Waals surface area (Å²) < 4.78 is 0. The number of hydrogen-bond acceptors (Lipinski definition) is 0. The van der Waals surface area contributed by atoms with Gasteiger partial charge in [-0.1, -0.05) is 74.0 Å². The van der Waals surface area contributed by atoms with E-state index in [9.17, 15) is 0 Å². The van der Waals surface area contributed by atoms with Gasteiger partial charge in [0.15, 0.2) is 0 Å². The van der Waals surface area contributed by atoms with Gasteiger partial charge in [-0.25, -0.2) is 6.07 Å². The molecule has 0 fully saturated rings. The van der Waals surface area contributed by atoms with Gasteiger partial charge in [-0.15, -0.1) is 5.56 Å². The molecule has 0 aromatic heterocycles. The van der Waals surface area contributed by atoms with Gasteiger partial charge in [-0.05, 0) is 35.1 Å². The van der Waals surface area contributed by atoms with Crippen LogP contribution in [0.3, 0.4) is 0 Å². The van der Waals surface area contributed by atoms with Crippen LogP contribution < -0.4 is 24.8 Å². The first-order valence-corrected chi connectivity index (χ1v) is 14.5. The number of hydrogen-bond donors (Lipinski definition) is 0. The minimum atomic E-state index is 0. The van der Waals surface area contributed by atoms with Crippen molar-refractivity contribution in [3.8, 4) is 11.1 Å². The van der Waals surface area contributed by atoms with Gasteiger partial charge in [0.1, 0.15) is 0 Å². The minimum absolute atomic E-state index is 0. The molecule has 0 heterocycles. The summed E-state index contributed by atoms with van der Waals surface area (Å²) in [6.45, 7) is 8.67. The predicted molar refractivity (Wildman–Crippen MR) is 107 cm³/mol. The molecule has 1 aliphatic rings. The van der Waals surface area contributed by atoms with E-state index in [1.807, 2.05) is 6.88 Å². The van der Waals surface area contributed by atoms with Crippen LogP contribution in [-0.2, 0) is 23.3 Å². The van der Waals surface area contributed by atoms with E-state index in [0.717, 1.165) is 0 Å². The quantitative estimate of drug-likeness (QED) is 0.331. The van der Waals surface area contributed by atoms with Crippen molar-refractivity contribution < 1.29 is 48.1 Å². The summed E-state index contributed by atoms with van der Waals surface area (Å²) in [7, 11) is 0. The molecule has 138 valence electrons. The molecule has 1 aliphatic carbocycles. The molecule has 3 aromatic carbocycles. The molecule has 0 aliphatic heterocycles. The normalized spacial score (nSPS) is 14.1. The fourth-order valence-electron chi connectivity index (χ4n) is 3.84. The Bertz CT molecular complexity index is 929. The van der Waals surface area contributed by atoms with Crippen molar-refractivity contribution in [3.63, 3.8) is 0 Å². The molecule has 0 bridgehead atoms. The van der Waals surface area contributed by atoms with Gasteiger partial charge in [-0.2, -0.15) is 17.2 Å². The molecule has 1 unspecified atom stereocenters. The Labute approximate surface area is 191 Å². The van der Waals surface area contributed by atoms with Crippen LogP contribution in [0, 0.1) is 13.8 Å². The Kier molecular flexibility index (Phi) is 9.58. The van der Waals surface area contributed by atoms with Crippen LogP contribution in [0.1, 0.15) is 40.7 Å². The zero-order valence-corrected chi connectivity index (χ0v) is 21.3. The van der Waals surface area contributed by atoms with Crippen LogP contribution in [-0.4, -0.2) is 6.88 Å². The number of allylic oxidation sites excluding steroid dienone is 1. The van der Waals surface area contributed by atoms with Gasteiger partial charge in [0.2, 0.25) is 0 Å². The van der Waals surface area contributed by atoms with E-state index in [4.69, 9.17) is 0 Å². The van der Waals surface area contributed by atoms with Gasteiger partial charge >= 0.3 is 30.2 Å². The zero-order valence-electron chi connectivity index (χ0n) is 15.9. The predicted octanol–water partition coefficient (Wildman–Crippen LogP) is -0.673. The third kappa shape index (κ3) is 4.62. The molecule has 1 atom stereocenters. The van der Waals surface area contributed by atoms with Crippen LogP contribution >= 0.6 is 0 Å². The second kappa shape index (κ2) is 10.7. The Morgan fingerprint density at radius 2 is 1.52 bits per heavy atom. The number of benzene rings is 2. The molecule has 0 amide bonds. The summed E-state index contributed by atoms with van der Waals surface area (Å²) in [4.78, 5) is 0. The van der Waals surface area contributed by atoms with Crippen molar-refractivity contribution in [3.05, 3.63) is 94.1 Å². The zero-order chi connectivity index (χ0) is 18.0. The van der Waals surface area contributed by atoms with E-state index in [1.165, 1.54) is 44.5 Å². The first kappa shape index (κ1) is 24.2. The van der Waals surface area contributed by atoms with Crippen molar-refractivity contribution in [1.29, 1.82) is 0 Å². The fourth-order valence-corrected chi connectivity index (χ4v) is 3.84. The molecule has 0 nitrogen and oxygen atoms in total. The topological polar surface area (TPSA) is 0 Å². The van der Waals surface area contributed by atoms with Crippen LogP contribution in [0.15, 0.2) is 66.2 Å². The van der Waals surface area contributed by atoms with Gasteiger partial charge in [0.05, 0.1) is 0 Å². The molecular formula is C23H23Cl2SiZr-. The summed E-state index contributed by atoms with van der Waals surface area (Å²) in [6, 6.07) is 22.0. The standard InChI is InChI=1S/C23H21.2ClH.H2Si.Zr/c1-15-12-13-19(17(15)3)23-16(2)14-22-20(10-7-11-21(22)23)18-8-5-4-6-9-18;;;;/h4-14,23H,1-3H3;2*1H;1H2;/q-1;;;;+2/p-2. The Balaban J connectivity index is 0.000000883. The first-order chi connectivity index (χ1) is 12.2. The van der Waals surface area contributed by atoms with Crippen LogP contribution in [0.5, 0.6) is 0 Å². The van der Waals surface area contributed by atoms with Crippen molar-refractivity contribution in [1.82, 2.24) is 0 Å². The third-order valence-corrected chi connectivity index (χ3v) is 5.21. The fraction of sp³-hybridized carbons (Fsp3) is 0.174. The van der Waals surface area contributed by atoms with Gasteiger partial charge in [-0.3, -0.25) is 0 Å². The van der Waals surface area contributed by atoms with Gasteiger partial charge in [0, 0.05) is 0 Å². The summed E-state index contributed by atoms with van der Waals surface area (Å²) in [5.41, 5.74) is 11.2. The maximum absolute atomic E-state index is 2.38. The van der Waals surface area contributed by atoms with E-state index in [-0.39, 0.29) is 24.8 Å². The van der Waals surface area contributed by atoms with E-state index in [0.29, 0.717) is 5.92 Å². The van der Waals surface area contributed by atoms with Gasteiger partial charge < -0.3 is 24.8 Å². The van der Waals surface area contributed by atoms with Crippen molar-refractivity contribution >= 4 is 13.0 Å². The summed E-state index contributed by atoms with van der Waals surface area (Å²) in [5.74, 6) is 0.405. The van der Waals surface area contributed by atoms with E-state index < -0.39 is 0 Å². The molecule has 3 aromatic rings. The molecular weight excluding hydrogens is 466 g/mol. The Morgan fingerprint density at radius 1 is 0.852 bits per heavy atom. The second-order valence-electron chi connectivity index (χ2n) is 6.59. The van der Waals surface area contributed by atoms with E-state index in [2.05, 4.69) is 87.5 Å². The molecule has 0 radical (unpaired) electrons. The Hall–Kier alpha value is -0.790. The molecule has 0 spiro atoms. The number of rotatable bonds is 2. The van der Waals surface area contributed by atoms with Crippen LogP contribution in [0.25, 0.3) is 17.2 Å². The molecule has 0 N–H and O–H groups in total. The monoisotopic (exact) mass is 487 g/mol. The van der Waals surface area contributed by atoms with E-state index >= 15 is 0 Å². The molecule has 27 heavy (non-hydrogen) atoms. The summed E-state index contributed by atoms with van der Waals surface area (Å²) in [6.07, 6.45) is 2.38. The number of aryl methyl sites for hydroxylation is 1. The molecule has 0 saturated heterocycles. The van der Waals surface area contributed by atoms with Crippen molar-refractivity contribution in [2.45, 2.75) is 26.7 Å². The third-order valence-electron chi connectivity index (χ3n) is 5.21. The average molecular weight is 490 g/mol. The average Bonchev–Trinajstić information content (AvgIpc) is 3.16. The summed E-state index contributed by atoms with van der Waals surface area (Å²) >= 11 is 1.58. The van der Waals surface area contributed by atoms with Crippen molar-refractivity contribution in [2.75, 3.05) is 0 Å². The van der Waals surface area contributed by atoms with Crippen molar-refractivity contribution in [2.24, 2.45) is 0 Å². The maximum atomic E-state index is 2.38. The summed E-state index contributed by atoms with van der Waals surface area (Å²) in [5, 5.41) is 0. The van der Waals surface area contributed by atoms with Crippen LogP contribution in [0.4, 0.5) is 0 Å². The first-order valence-electron chi connectivity index (χ1n) is 8.61.